The highest BCUT2D eigenvalue weighted by atomic mass is 16.5. The highest BCUT2D eigenvalue weighted by molar-refractivity contribution is 4.85. The molecule has 0 aromatic rings. The average molecular weight is 725 g/mol. The summed E-state index contributed by atoms with van der Waals surface area (Å²) in [5, 5.41) is 17.2. The van der Waals surface area contributed by atoms with Crippen molar-refractivity contribution in [3.05, 3.63) is 61.8 Å². The molecule has 2 unspecified atom stereocenters. The second-order valence-electron chi connectivity index (χ2n) is 12.6. The Hall–Kier alpha value is -1.54. The van der Waals surface area contributed by atoms with Crippen LogP contribution in [0.25, 0.3) is 0 Å². The van der Waals surface area contributed by atoms with Gasteiger partial charge >= 0.3 is 0 Å². The molecule has 0 fully saturated rings. The van der Waals surface area contributed by atoms with Crippen molar-refractivity contribution in [1.82, 2.24) is 0 Å². The van der Waals surface area contributed by atoms with Crippen LogP contribution >= 0.6 is 0 Å². The summed E-state index contributed by atoms with van der Waals surface area (Å²) in [5.74, 6) is 0. The van der Waals surface area contributed by atoms with Crippen LogP contribution in [0.5, 0.6) is 0 Å². The van der Waals surface area contributed by atoms with Gasteiger partial charge in [-0.05, 0) is 116 Å². The first kappa shape index (κ1) is 56.2. The monoisotopic (exact) mass is 725 g/mol. The normalized spacial score (nSPS) is 16.8. The molecule has 2 N–H and O–H groups in total. The Morgan fingerprint density at radius 1 is 0.549 bits per heavy atom. The molecule has 304 valence electrons. The number of aliphatic hydroxyl groups is 2. The van der Waals surface area contributed by atoms with Crippen LogP contribution in [-0.4, -0.2) is 75.3 Å². The van der Waals surface area contributed by atoms with Crippen LogP contribution in [-0.2, 0) is 18.9 Å². The molecule has 0 aromatic heterocycles. The van der Waals surface area contributed by atoms with E-state index >= 15 is 0 Å². The van der Waals surface area contributed by atoms with Crippen LogP contribution in [0.1, 0.15) is 164 Å². The van der Waals surface area contributed by atoms with Crippen molar-refractivity contribution in [2.75, 3.05) is 52.9 Å². The topological polar surface area (TPSA) is 77.4 Å². The first-order valence-electron chi connectivity index (χ1n) is 19.6. The van der Waals surface area contributed by atoms with E-state index < -0.39 is 0 Å². The van der Waals surface area contributed by atoms with E-state index in [4.69, 9.17) is 29.2 Å². The van der Waals surface area contributed by atoms with Crippen LogP contribution in [0.15, 0.2) is 61.8 Å². The van der Waals surface area contributed by atoms with Gasteiger partial charge in [0.25, 0.3) is 0 Å². The van der Waals surface area contributed by atoms with Crippen molar-refractivity contribution < 1.29 is 29.2 Å². The Labute approximate surface area is 318 Å². The van der Waals surface area contributed by atoms with Crippen molar-refractivity contribution in [3.8, 4) is 0 Å². The minimum atomic E-state index is 0. The Bertz CT molecular complexity index is 724. The average Bonchev–Trinajstić information content (AvgIpc) is 3.06. The minimum absolute atomic E-state index is 0. The molecule has 0 spiro atoms. The third-order valence-electron chi connectivity index (χ3n) is 8.30. The summed E-state index contributed by atoms with van der Waals surface area (Å²) in [6.07, 6.45) is 45.6. The SMILES string of the molecule is C.C.C.C1=CCCCCCC1.C=CCCCCCC/C=C/CCCC(CCC=C)OCCOCCO.OCCOCCOC1CC/C=C\CCC1. The lowest BCUT2D eigenvalue weighted by Crippen LogP contribution is -2.17. The summed E-state index contributed by atoms with van der Waals surface area (Å²) in [7, 11) is 0. The van der Waals surface area contributed by atoms with Gasteiger partial charge in [0.15, 0.2) is 0 Å². The number of unbranched alkanes of at least 4 members (excludes halogenated alkanes) is 6. The smallest absolute Gasteiger partial charge is 0.0704 e. The Balaban J connectivity index is -0.000000359. The van der Waals surface area contributed by atoms with Crippen molar-refractivity contribution >= 4 is 0 Å². The molecule has 6 nitrogen and oxygen atoms in total. The highest BCUT2D eigenvalue weighted by Crippen LogP contribution is 2.16. The number of allylic oxidation sites excluding steroid dienone is 8. The minimum Gasteiger partial charge on any atom is -0.394 e. The summed E-state index contributed by atoms with van der Waals surface area (Å²) in [6.45, 7) is 10.9. The van der Waals surface area contributed by atoms with E-state index in [1.54, 1.807) is 0 Å². The third-order valence-corrected chi connectivity index (χ3v) is 8.30. The van der Waals surface area contributed by atoms with Gasteiger partial charge in [-0.3, -0.25) is 0 Å². The maximum atomic E-state index is 8.67. The molecule has 0 bridgehead atoms. The fraction of sp³-hybridized carbons (Fsp3) is 0.778. The molecule has 6 heteroatoms. The third kappa shape index (κ3) is 46.4. The number of hydrogen-bond donors (Lipinski definition) is 2. The first-order valence-corrected chi connectivity index (χ1v) is 19.6. The van der Waals surface area contributed by atoms with Crippen LogP contribution in [0.2, 0.25) is 0 Å². The van der Waals surface area contributed by atoms with Crippen molar-refractivity contribution in [1.29, 1.82) is 0 Å². The van der Waals surface area contributed by atoms with Gasteiger partial charge in [-0.2, -0.15) is 0 Å². The molecule has 2 rings (SSSR count). The van der Waals surface area contributed by atoms with E-state index in [1.807, 2.05) is 12.2 Å². The van der Waals surface area contributed by atoms with Gasteiger partial charge in [0.2, 0.25) is 0 Å². The number of hydrogen-bond acceptors (Lipinski definition) is 6. The molecule has 0 aromatic carbocycles. The first-order chi connectivity index (χ1) is 23.8. The molecule has 2 aliphatic rings. The zero-order chi connectivity index (χ0) is 34.9. The lowest BCUT2D eigenvalue weighted by Gasteiger charge is -2.18. The number of aliphatic hydroxyl groups excluding tert-OH is 2. The zero-order valence-corrected chi connectivity index (χ0v) is 30.9. The molecule has 0 heterocycles. The molecule has 51 heavy (non-hydrogen) atoms. The molecule has 0 saturated carbocycles. The van der Waals surface area contributed by atoms with Crippen molar-refractivity contribution in [2.24, 2.45) is 0 Å². The van der Waals surface area contributed by atoms with Crippen molar-refractivity contribution in [3.63, 3.8) is 0 Å². The zero-order valence-electron chi connectivity index (χ0n) is 30.9. The largest absolute Gasteiger partial charge is 0.394 e. The Morgan fingerprint density at radius 3 is 1.71 bits per heavy atom. The molecule has 0 saturated heterocycles. The molecule has 0 radical (unpaired) electrons. The fourth-order valence-electron chi connectivity index (χ4n) is 5.50. The van der Waals surface area contributed by atoms with Gasteiger partial charge in [-0.1, -0.05) is 96.6 Å². The van der Waals surface area contributed by atoms with E-state index in [9.17, 15) is 0 Å². The summed E-state index contributed by atoms with van der Waals surface area (Å²) in [4.78, 5) is 0. The lowest BCUT2D eigenvalue weighted by atomic mass is 10.0. The molecular weight excluding hydrogens is 636 g/mol. The second-order valence-corrected chi connectivity index (χ2v) is 12.6. The van der Waals surface area contributed by atoms with Gasteiger partial charge in [0.1, 0.15) is 0 Å². The molecule has 2 aliphatic carbocycles. The number of rotatable bonds is 26. The van der Waals surface area contributed by atoms with Gasteiger partial charge in [-0.25, -0.2) is 0 Å². The van der Waals surface area contributed by atoms with E-state index in [0.29, 0.717) is 45.7 Å². The van der Waals surface area contributed by atoms with Gasteiger partial charge in [-0.15, -0.1) is 13.2 Å². The summed E-state index contributed by atoms with van der Waals surface area (Å²) < 4.78 is 22.0. The van der Waals surface area contributed by atoms with E-state index in [-0.39, 0.29) is 41.6 Å². The lowest BCUT2D eigenvalue weighted by molar-refractivity contribution is -0.00886. The summed E-state index contributed by atoms with van der Waals surface area (Å²) in [5.41, 5.74) is 0. The predicted octanol–water partition coefficient (Wildman–Crippen LogP) is 12.3. The Morgan fingerprint density at radius 2 is 1.10 bits per heavy atom. The van der Waals surface area contributed by atoms with E-state index in [1.165, 1.54) is 83.5 Å². The number of ether oxygens (including phenoxy) is 4. The molecule has 0 aliphatic heterocycles. The molecular formula is C45H88O6. The van der Waals surface area contributed by atoms with Crippen LogP contribution in [0, 0.1) is 0 Å². The van der Waals surface area contributed by atoms with E-state index in [0.717, 1.165) is 57.8 Å². The summed E-state index contributed by atoms with van der Waals surface area (Å²) in [6, 6.07) is 0. The molecule has 0 amide bonds. The maximum Gasteiger partial charge on any atom is 0.0704 e. The van der Waals surface area contributed by atoms with E-state index in [2.05, 4.69) is 49.6 Å². The second kappa shape index (κ2) is 50.6. The maximum absolute atomic E-state index is 8.67. The van der Waals surface area contributed by atoms with Gasteiger partial charge in [0, 0.05) is 0 Å². The Kier molecular flexibility index (Phi) is 55.7. The standard InChI is InChI=1S/C22H40O3.C12H22O3.C8H14.3CH4/c1-3-5-7-8-9-10-11-12-13-14-15-17-22(16-6-4-2)25-21-20-24-19-18-23;13-8-9-14-10-11-15-12-6-4-2-1-3-5-7-12;1-2-4-6-8-7-5-3-1;;;/h3-4,12-13,22-23H,1-2,5-11,14-21H2;1-2,12-13H,3-11H2;1-2H,3-8H2;3*1H4/b13-12+;2-1-;;;;. The van der Waals surface area contributed by atoms with Crippen LogP contribution in [0.4, 0.5) is 0 Å². The van der Waals surface area contributed by atoms with Crippen molar-refractivity contribution in [2.45, 2.75) is 176 Å². The summed E-state index contributed by atoms with van der Waals surface area (Å²) >= 11 is 0. The van der Waals surface area contributed by atoms with Crippen LogP contribution in [0.3, 0.4) is 0 Å². The van der Waals surface area contributed by atoms with Gasteiger partial charge in [0.05, 0.1) is 65.1 Å². The van der Waals surface area contributed by atoms with Gasteiger partial charge < -0.3 is 29.2 Å². The molecule has 2 atom stereocenters. The highest BCUT2D eigenvalue weighted by Gasteiger charge is 2.09. The quantitative estimate of drug-likeness (QED) is 0.0683. The predicted molar refractivity (Wildman–Crippen MR) is 225 cm³/mol. The van der Waals surface area contributed by atoms with Crippen LogP contribution < -0.4 is 0 Å². The fourth-order valence-corrected chi connectivity index (χ4v) is 5.50.